The number of morpholine rings is 1. The number of benzene rings is 1. The summed E-state index contributed by atoms with van der Waals surface area (Å²) in [6.45, 7) is 5.25. The highest BCUT2D eigenvalue weighted by Gasteiger charge is 2.33. The molecule has 1 atom stereocenters. The highest BCUT2D eigenvalue weighted by atomic mass is 32.2. The van der Waals surface area contributed by atoms with Crippen LogP contribution in [0.2, 0.25) is 0 Å². The van der Waals surface area contributed by atoms with Crippen molar-refractivity contribution in [1.29, 1.82) is 0 Å². The minimum Gasteiger partial charge on any atom is -0.419 e. The lowest BCUT2D eigenvalue weighted by molar-refractivity contribution is 0.121. The van der Waals surface area contributed by atoms with Crippen LogP contribution in [-0.2, 0) is 4.74 Å². The molecule has 146 valence electrons. The normalized spacial score (nSPS) is 18.4. The molecule has 1 aliphatic heterocycles. The molecule has 1 saturated heterocycles. The molecule has 2 aromatic heterocycles. The first-order valence-electron chi connectivity index (χ1n) is 9.62. The molecule has 9 heteroatoms. The molecule has 1 aliphatic carbocycles. The number of hydrogen-bond acceptors (Lipinski definition) is 8. The summed E-state index contributed by atoms with van der Waals surface area (Å²) in [5.41, 5.74) is 0.925. The Morgan fingerprint density at radius 2 is 1.82 bits per heavy atom. The van der Waals surface area contributed by atoms with Crippen molar-refractivity contribution in [3.05, 3.63) is 36.2 Å². The van der Waals surface area contributed by atoms with Crippen molar-refractivity contribution in [3.63, 3.8) is 0 Å². The molecule has 3 aromatic rings. The summed E-state index contributed by atoms with van der Waals surface area (Å²) >= 11 is 1.62. The van der Waals surface area contributed by atoms with Gasteiger partial charge in [0, 0.05) is 24.7 Å². The molecule has 28 heavy (non-hydrogen) atoms. The van der Waals surface area contributed by atoms with Gasteiger partial charge < -0.3 is 14.1 Å². The smallest absolute Gasteiger partial charge is 0.247 e. The molecule has 3 heterocycles. The Hall–Kier alpha value is -2.39. The molecule has 0 N–H and O–H groups in total. The summed E-state index contributed by atoms with van der Waals surface area (Å²) < 4.78 is 13.7. The number of rotatable bonds is 6. The third kappa shape index (κ3) is 3.51. The number of nitrogens with zero attached hydrogens (tertiary/aromatic N) is 6. The van der Waals surface area contributed by atoms with Crippen LogP contribution in [0, 0.1) is 0 Å². The van der Waals surface area contributed by atoms with Gasteiger partial charge in [-0.1, -0.05) is 30.0 Å². The summed E-state index contributed by atoms with van der Waals surface area (Å²) in [6, 6.07) is 10.3. The van der Waals surface area contributed by atoms with E-state index in [0.29, 0.717) is 17.8 Å². The van der Waals surface area contributed by atoms with Crippen molar-refractivity contribution in [2.24, 2.45) is 0 Å². The van der Waals surface area contributed by atoms with E-state index in [-0.39, 0.29) is 5.25 Å². The summed E-state index contributed by atoms with van der Waals surface area (Å²) in [4.78, 5) is 2.27. The number of aromatic nitrogens is 5. The van der Waals surface area contributed by atoms with Gasteiger partial charge in [0.2, 0.25) is 17.7 Å². The van der Waals surface area contributed by atoms with Crippen LogP contribution in [0.5, 0.6) is 0 Å². The Labute approximate surface area is 167 Å². The summed E-state index contributed by atoms with van der Waals surface area (Å²) in [7, 11) is 0. The molecular weight excluding hydrogens is 376 g/mol. The minimum atomic E-state index is -0.01000. The van der Waals surface area contributed by atoms with Crippen LogP contribution >= 0.6 is 11.8 Å². The number of thioether (sulfide) groups is 1. The number of anilines is 1. The highest BCUT2D eigenvalue weighted by molar-refractivity contribution is 7.99. The monoisotopic (exact) mass is 398 g/mol. The van der Waals surface area contributed by atoms with E-state index in [0.717, 1.165) is 43.0 Å². The maximum Gasteiger partial charge on any atom is 0.247 e. The average Bonchev–Trinajstić information content (AvgIpc) is 3.30. The SMILES string of the molecule is CC(Sc1nnc(N2CCOCC2)n1C1CC1)c1nnc(-c2ccccc2)o1. The largest absolute Gasteiger partial charge is 0.419 e. The molecule has 2 aliphatic rings. The summed E-state index contributed by atoms with van der Waals surface area (Å²) in [6.07, 6.45) is 2.35. The van der Waals surface area contributed by atoms with E-state index in [1.807, 2.05) is 30.3 Å². The van der Waals surface area contributed by atoms with Gasteiger partial charge in [0.15, 0.2) is 5.16 Å². The first-order valence-corrected chi connectivity index (χ1v) is 10.5. The van der Waals surface area contributed by atoms with Gasteiger partial charge in [0.05, 0.1) is 18.5 Å². The van der Waals surface area contributed by atoms with E-state index in [1.54, 1.807) is 11.8 Å². The maximum absolute atomic E-state index is 5.92. The van der Waals surface area contributed by atoms with Gasteiger partial charge in [-0.05, 0) is 31.9 Å². The Bertz CT molecular complexity index is 933. The predicted octanol–water partition coefficient (Wildman–Crippen LogP) is 3.35. The molecule has 1 unspecified atom stereocenters. The van der Waals surface area contributed by atoms with Gasteiger partial charge in [-0.2, -0.15) is 0 Å². The molecular formula is C19H22N6O2S. The van der Waals surface area contributed by atoms with Gasteiger partial charge >= 0.3 is 0 Å². The van der Waals surface area contributed by atoms with Crippen LogP contribution < -0.4 is 4.90 Å². The minimum absolute atomic E-state index is 0.01000. The van der Waals surface area contributed by atoms with Crippen molar-refractivity contribution in [1.82, 2.24) is 25.0 Å². The molecule has 0 spiro atoms. The molecule has 0 radical (unpaired) electrons. The van der Waals surface area contributed by atoms with E-state index in [4.69, 9.17) is 9.15 Å². The molecule has 8 nitrogen and oxygen atoms in total. The lowest BCUT2D eigenvalue weighted by atomic mass is 10.2. The fourth-order valence-electron chi connectivity index (χ4n) is 3.29. The Balaban J connectivity index is 1.36. The standard InChI is InChI=1S/C19H22N6O2S/c1-13(16-20-21-17(27-16)14-5-3-2-4-6-14)28-19-23-22-18(25(19)15-7-8-15)24-9-11-26-12-10-24/h2-6,13,15H,7-12H2,1H3. The first-order chi connectivity index (χ1) is 13.8. The van der Waals surface area contributed by atoms with E-state index in [2.05, 4.69) is 36.8 Å². The highest BCUT2D eigenvalue weighted by Crippen LogP contribution is 2.43. The van der Waals surface area contributed by atoms with Gasteiger partial charge in [-0.3, -0.25) is 4.57 Å². The summed E-state index contributed by atoms with van der Waals surface area (Å²) in [5, 5.41) is 18.3. The zero-order valence-electron chi connectivity index (χ0n) is 15.7. The van der Waals surface area contributed by atoms with Crippen LogP contribution in [-0.4, -0.2) is 51.3 Å². The number of hydrogen-bond donors (Lipinski definition) is 0. The second-order valence-electron chi connectivity index (χ2n) is 7.05. The fourth-order valence-corrected chi connectivity index (χ4v) is 4.23. The van der Waals surface area contributed by atoms with Crippen LogP contribution in [0.1, 0.15) is 36.9 Å². The van der Waals surface area contributed by atoms with Gasteiger partial charge in [-0.15, -0.1) is 20.4 Å². The van der Waals surface area contributed by atoms with Crippen LogP contribution in [0.15, 0.2) is 39.9 Å². The average molecular weight is 398 g/mol. The van der Waals surface area contributed by atoms with Crippen LogP contribution in [0.3, 0.4) is 0 Å². The van der Waals surface area contributed by atoms with Crippen molar-refractivity contribution >= 4 is 17.7 Å². The second-order valence-corrected chi connectivity index (χ2v) is 8.36. The van der Waals surface area contributed by atoms with Crippen molar-refractivity contribution in [3.8, 4) is 11.5 Å². The Kier molecular flexibility index (Phi) is 4.77. The van der Waals surface area contributed by atoms with E-state index in [1.165, 1.54) is 12.8 Å². The Morgan fingerprint density at radius 1 is 1.04 bits per heavy atom. The zero-order chi connectivity index (χ0) is 18.9. The van der Waals surface area contributed by atoms with Gasteiger partial charge in [0.1, 0.15) is 0 Å². The topological polar surface area (TPSA) is 82.1 Å². The molecule has 0 amide bonds. The number of ether oxygens (including phenoxy) is 1. The second kappa shape index (κ2) is 7.56. The molecule has 1 saturated carbocycles. The quantitative estimate of drug-likeness (QED) is 0.585. The fraction of sp³-hybridized carbons (Fsp3) is 0.474. The zero-order valence-corrected chi connectivity index (χ0v) is 16.5. The Morgan fingerprint density at radius 3 is 2.57 bits per heavy atom. The van der Waals surface area contributed by atoms with Gasteiger partial charge in [0.25, 0.3) is 0 Å². The molecule has 5 rings (SSSR count). The summed E-state index contributed by atoms with van der Waals surface area (Å²) in [5.74, 6) is 2.10. The van der Waals surface area contributed by atoms with Crippen LogP contribution in [0.4, 0.5) is 5.95 Å². The van der Waals surface area contributed by atoms with Crippen LogP contribution in [0.25, 0.3) is 11.5 Å². The molecule has 0 bridgehead atoms. The van der Waals surface area contributed by atoms with E-state index in [9.17, 15) is 0 Å². The first kappa shape index (κ1) is 17.7. The third-order valence-corrected chi connectivity index (χ3v) is 5.99. The van der Waals surface area contributed by atoms with Crippen molar-refractivity contribution in [2.45, 2.75) is 36.2 Å². The molecule has 1 aromatic carbocycles. The third-order valence-electron chi connectivity index (χ3n) is 4.94. The van der Waals surface area contributed by atoms with Gasteiger partial charge in [-0.25, -0.2) is 0 Å². The lowest BCUT2D eigenvalue weighted by Gasteiger charge is -2.28. The van der Waals surface area contributed by atoms with Crippen molar-refractivity contribution in [2.75, 3.05) is 31.2 Å². The van der Waals surface area contributed by atoms with Crippen molar-refractivity contribution < 1.29 is 9.15 Å². The maximum atomic E-state index is 5.92. The molecule has 2 fully saturated rings. The lowest BCUT2D eigenvalue weighted by Crippen LogP contribution is -2.38. The van der Waals surface area contributed by atoms with E-state index < -0.39 is 0 Å². The predicted molar refractivity (Wildman–Crippen MR) is 105 cm³/mol. The van der Waals surface area contributed by atoms with E-state index >= 15 is 0 Å².